The number of fused-ring (bicyclic) bond motifs is 2. The Balaban J connectivity index is 1.22. The number of hydrogen-bond donors (Lipinski definition) is 2. The number of benzene rings is 2. The van der Waals surface area contributed by atoms with Crippen LogP contribution in [-0.4, -0.2) is 22.4 Å². The zero-order valence-corrected chi connectivity index (χ0v) is 21.3. The molecule has 2 amide bonds. The molecule has 0 radical (unpaired) electrons. The Bertz CT molecular complexity index is 1350. The average Bonchev–Trinajstić information content (AvgIpc) is 3.44. The summed E-state index contributed by atoms with van der Waals surface area (Å²) >= 11 is 15.4. The van der Waals surface area contributed by atoms with Crippen LogP contribution in [0.2, 0.25) is 10.0 Å². The molecule has 2 N–H and O–H groups in total. The van der Waals surface area contributed by atoms with E-state index in [2.05, 4.69) is 39.4 Å². The van der Waals surface area contributed by atoms with Crippen molar-refractivity contribution in [1.29, 1.82) is 0 Å². The maximum Gasteiger partial charge on any atom is 0.325 e. The van der Waals surface area contributed by atoms with E-state index in [0.29, 0.717) is 23.1 Å². The fraction of sp³-hybridized carbons (Fsp3) is 0.200. The molecule has 34 heavy (non-hydrogen) atoms. The van der Waals surface area contributed by atoms with Gasteiger partial charge in [0.1, 0.15) is 0 Å². The number of aryl methyl sites for hydroxylation is 1. The molecule has 0 fully saturated rings. The Labute approximate surface area is 216 Å². The van der Waals surface area contributed by atoms with Crippen LogP contribution >= 0.6 is 46.5 Å². The van der Waals surface area contributed by atoms with Crippen LogP contribution in [0.4, 0.5) is 4.79 Å². The van der Waals surface area contributed by atoms with Gasteiger partial charge in [0, 0.05) is 21.3 Å². The zero-order valence-electron chi connectivity index (χ0n) is 18.2. The molecule has 2 heterocycles. The second-order valence-electron chi connectivity index (χ2n) is 8.01. The first-order valence-corrected chi connectivity index (χ1v) is 13.3. The summed E-state index contributed by atoms with van der Waals surface area (Å²) in [5, 5.41) is 9.98. The van der Waals surface area contributed by atoms with Crippen LogP contribution in [0.15, 0.2) is 65.0 Å². The molecule has 0 aliphatic heterocycles. The first-order chi connectivity index (χ1) is 16.6. The van der Waals surface area contributed by atoms with Crippen LogP contribution < -0.4 is 10.0 Å². The van der Waals surface area contributed by atoms with Crippen molar-refractivity contribution in [1.82, 2.24) is 19.8 Å². The summed E-state index contributed by atoms with van der Waals surface area (Å²) in [6.07, 6.45) is 7.05. The molecule has 0 saturated carbocycles. The maximum atomic E-state index is 12.3. The number of carbonyl (C=O) groups excluding carboxylic acids is 1. The minimum atomic E-state index is -0.211. The molecule has 5 rings (SSSR count). The fourth-order valence-corrected chi connectivity index (χ4v) is 6.38. The summed E-state index contributed by atoms with van der Waals surface area (Å²) in [6, 6.07) is 15.6. The molecule has 0 unspecified atom stereocenters. The van der Waals surface area contributed by atoms with Crippen LogP contribution in [0, 0.1) is 0 Å². The number of urea groups is 1. The zero-order chi connectivity index (χ0) is 23.5. The van der Waals surface area contributed by atoms with Crippen molar-refractivity contribution >= 4 is 68.2 Å². The van der Waals surface area contributed by atoms with Gasteiger partial charge >= 0.3 is 6.03 Å². The Morgan fingerprint density at radius 3 is 2.91 bits per heavy atom. The second kappa shape index (κ2) is 10.4. The lowest BCUT2D eigenvalue weighted by Gasteiger charge is -2.18. The van der Waals surface area contributed by atoms with E-state index in [1.807, 2.05) is 35.1 Å². The molecule has 0 spiro atoms. The van der Waals surface area contributed by atoms with Crippen molar-refractivity contribution in [3.63, 3.8) is 0 Å². The van der Waals surface area contributed by atoms with Crippen molar-refractivity contribution in [2.24, 2.45) is 0 Å². The second-order valence-corrected chi connectivity index (χ2v) is 11.0. The molecule has 0 atom stereocenters. The third-order valence-corrected chi connectivity index (χ3v) is 8.31. The van der Waals surface area contributed by atoms with Crippen molar-refractivity contribution in [3.05, 3.63) is 87.7 Å². The van der Waals surface area contributed by atoms with Gasteiger partial charge in [-0.15, -0.1) is 11.3 Å². The SMILES string of the molecule is O=C(NC/C=C1\CCCc2cnn(Cc3ccc(Cl)cc3Cl)c21)NSc1cc2ccccc2s1. The summed E-state index contributed by atoms with van der Waals surface area (Å²) in [6.45, 7) is 1.02. The highest BCUT2D eigenvalue weighted by atomic mass is 35.5. The topological polar surface area (TPSA) is 59.0 Å². The number of hydrogen-bond acceptors (Lipinski definition) is 4. The molecule has 9 heteroatoms. The molecule has 0 saturated heterocycles. The van der Waals surface area contributed by atoms with E-state index in [1.165, 1.54) is 33.2 Å². The molecular formula is C25H22Cl2N4OS2. The van der Waals surface area contributed by atoms with E-state index in [9.17, 15) is 4.79 Å². The van der Waals surface area contributed by atoms with Crippen LogP contribution in [0.5, 0.6) is 0 Å². The van der Waals surface area contributed by atoms with Gasteiger partial charge in [-0.1, -0.05) is 53.5 Å². The lowest BCUT2D eigenvalue weighted by molar-refractivity contribution is 0.247. The molecule has 174 valence electrons. The van der Waals surface area contributed by atoms with Crippen LogP contribution in [0.3, 0.4) is 0 Å². The Morgan fingerprint density at radius 2 is 2.06 bits per heavy atom. The molecule has 5 nitrogen and oxygen atoms in total. The molecule has 1 aliphatic rings. The molecule has 4 aromatic rings. The monoisotopic (exact) mass is 528 g/mol. The van der Waals surface area contributed by atoms with Gasteiger partial charge in [0.15, 0.2) is 0 Å². The number of halogens is 2. The maximum absolute atomic E-state index is 12.3. The summed E-state index contributed by atoms with van der Waals surface area (Å²) in [5.74, 6) is 0. The van der Waals surface area contributed by atoms with Crippen molar-refractivity contribution in [3.8, 4) is 0 Å². The third kappa shape index (κ3) is 5.28. The van der Waals surface area contributed by atoms with Gasteiger partial charge in [0.05, 0.1) is 22.6 Å². The largest absolute Gasteiger partial charge is 0.334 e. The van der Waals surface area contributed by atoms with E-state index in [-0.39, 0.29) is 6.03 Å². The standard InChI is InChI=1S/C25H22Cl2N4OS2/c26-20-9-8-19(21(27)13-20)15-31-24-16(5-3-6-18(24)14-29-31)10-11-28-25(32)30-34-23-12-17-4-1-2-7-22(17)33-23/h1-2,4,7-10,12-14H,3,5-6,11,15H2,(H2,28,30,32)/b16-10+. The summed E-state index contributed by atoms with van der Waals surface area (Å²) in [5.41, 5.74) is 4.52. The normalized spacial score (nSPS) is 14.4. The van der Waals surface area contributed by atoms with Crippen LogP contribution in [0.1, 0.15) is 29.7 Å². The third-order valence-electron chi connectivity index (χ3n) is 5.71. The minimum Gasteiger partial charge on any atom is -0.334 e. The average molecular weight is 530 g/mol. The number of aromatic nitrogens is 2. The molecule has 0 bridgehead atoms. The van der Waals surface area contributed by atoms with Gasteiger partial charge in [-0.05, 0) is 77.6 Å². The van der Waals surface area contributed by atoms with Gasteiger partial charge in [-0.2, -0.15) is 5.10 Å². The quantitative estimate of drug-likeness (QED) is 0.260. The van der Waals surface area contributed by atoms with E-state index in [1.54, 1.807) is 17.4 Å². The lowest BCUT2D eigenvalue weighted by atomic mass is 9.92. The highest BCUT2D eigenvalue weighted by Gasteiger charge is 2.20. The summed E-state index contributed by atoms with van der Waals surface area (Å²) in [4.78, 5) is 12.3. The van der Waals surface area contributed by atoms with E-state index in [0.717, 1.165) is 34.7 Å². The first-order valence-electron chi connectivity index (χ1n) is 10.9. The van der Waals surface area contributed by atoms with Crippen LogP contribution in [0.25, 0.3) is 15.7 Å². The number of amides is 2. The fourth-order valence-electron chi connectivity index (χ4n) is 4.10. The molecule has 2 aromatic heterocycles. The Kier molecular flexibility index (Phi) is 7.15. The highest BCUT2D eigenvalue weighted by molar-refractivity contribution is 7.99. The minimum absolute atomic E-state index is 0.211. The molecule has 1 aliphatic carbocycles. The predicted octanol–water partition coefficient (Wildman–Crippen LogP) is 7.18. The van der Waals surface area contributed by atoms with Gasteiger partial charge in [-0.3, -0.25) is 9.40 Å². The summed E-state index contributed by atoms with van der Waals surface area (Å²) < 4.78 is 7.13. The molecule has 2 aromatic carbocycles. The van der Waals surface area contributed by atoms with Crippen molar-refractivity contribution in [2.45, 2.75) is 30.0 Å². The van der Waals surface area contributed by atoms with Crippen LogP contribution in [-0.2, 0) is 13.0 Å². The highest BCUT2D eigenvalue weighted by Crippen LogP contribution is 2.32. The number of allylic oxidation sites excluding steroid dienone is 1. The van der Waals surface area contributed by atoms with Crippen molar-refractivity contribution in [2.75, 3.05) is 6.54 Å². The number of carbonyl (C=O) groups is 1. The molecular weight excluding hydrogens is 507 g/mol. The van der Waals surface area contributed by atoms with Gasteiger partial charge in [0.2, 0.25) is 0 Å². The Morgan fingerprint density at radius 1 is 1.18 bits per heavy atom. The van der Waals surface area contributed by atoms with E-state index >= 15 is 0 Å². The van der Waals surface area contributed by atoms with Gasteiger partial charge in [-0.25, -0.2) is 4.79 Å². The van der Waals surface area contributed by atoms with Gasteiger partial charge < -0.3 is 5.32 Å². The Hall–Kier alpha value is -2.45. The number of thiophene rings is 1. The first kappa shape index (κ1) is 23.3. The number of rotatable bonds is 6. The number of nitrogens with zero attached hydrogens (tertiary/aromatic N) is 2. The predicted molar refractivity (Wildman–Crippen MR) is 143 cm³/mol. The lowest BCUT2D eigenvalue weighted by Crippen LogP contribution is -2.31. The van der Waals surface area contributed by atoms with E-state index < -0.39 is 0 Å². The smallest absolute Gasteiger partial charge is 0.325 e. The van der Waals surface area contributed by atoms with Crippen molar-refractivity contribution < 1.29 is 4.79 Å². The van der Waals surface area contributed by atoms with Gasteiger partial charge in [0.25, 0.3) is 0 Å². The van der Waals surface area contributed by atoms with E-state index in [4.69, 9.17) is 23.2 Å². The summed E-state index contributed by atoms with van der Waals surface area (Å²) in [7, 11) is 0. The number of nitrogens with one attached hydrogen (secondary N) is 2.